The highest BCUT2D eigenvalue weighted by molar-refractivity contribution is 7.85. The van der Waals surface area contributed by atoms with Gasteiger partial charge in [-0.2, -0.15) is 0 Å². The topological polar surface area (TPSA) is 41.6 Å². The van der Waals surface area contributed by atoms with Crippen LogP contribution in [0.15, 0.2) is 0 Å². The third kappa shape index (κ3) is 6.58. The summed E-state index contributed by atoms with van der Waals surface area (Å²) in [6.45, 7) is 6.00. The number of ether oxygens (including phenoxy) is 1. The molecule has 0 aromatic carbocycles. The van der Waals surface area contributed by atoms with E-state index in [4.69, 9.17) is 4.74 Å². The predicted octanol–water partition coefficient (Wildman–Crippen LogP) is 0.0669. The highest BCUT2D eigenvalue weighted by Gasteiger charge is 2.13. The zero-order valence-electron chi connectivity index (χ0n) is 10.2. The van der Waals surface area contributed by atoms with Crippen LogP contribution < -0.4 is 5.32 Å². The van der Waals surface area contributed by atoms with Gasteiger partial charge in [0.05, 0.1) is 6.61 Å². The number of rotatable bonds is 8. The number of hydrogen-bond donors (Lipinski definition) is 1. The van der Waals surface area contributed by atoms with Gasteiger partial charge < -0.3 is 15.0 Å². The lowest BCUT2D eigenvalue weighted by atomic mass is 10.3. The van der Waals surface area contributed by atoms with Crippen LogP contribution in [-0.4, -0.2) is 67.1 Å². The Bertz CT molecular complexity index is 192. The summed E-state index contributed by atoms with van der Waals surface area (Å²) < 4.78 is 16.1. The minimum atomic E-state index is -0.542. The van der Waals surface area contributed by atoms with Gasteiger partial charge >= 0.3 is 0 Å². The lowest BCUT2D eigenvalue weighted by Gasteiger charge is -2.25. The Morgan fingerprint density at radius 2 is 2.00 bits per heavy atom. The second-order valence-corrected chi connectivity index (χ2v) is 5.84. The predicted molar refractivity (Wildman–Crippen MR) is 68.3 cm³/mol. The Kier molecular flexibility index (Phi) is 8.02. The molecule has 96 valence electrons. The number of nitrogens with one attached hydrogen (secondary N) is 1. The maximum atomic E-state index is 11.1. The van der Waals surface area contributed by atoms with Crippen molar-refractivity contribution in [3.05, 3.63) is 0 Å². The van der Waals surface area contributed by atoms with Gasteiger partial charge in [0.25, 0.3) is 0 Å². The van der Waals surface area contributed by atoms with Crippen molar-refractivity contribution in [2.24, 2.45) is 0 Å². The zero-order valence-corrected chi connectivity index (χ0v) is 11.1. The highest BCUT2D eigenvalue weighted by Crippen LogP contribution is 2.01. The van der Waals surface area contributed by atoms with E-state index < -0.39 is 10.8 Å². The Morgan fingerprint density at radius 1 is 1.25 bits per heavy atom. The molecule has 0 atom stereocenters. The molecule has 1 fully saturated rings. The average molecular weight is 248 g/mol. The van der Waals surface area contributed by atoms with Gasteiger partial charge in [0.15, 0.2) is 0 Å². The minimum Gasteiger partial charge on any atom is -0.383 e. The lowest BCUT2D eigenvalue weighted by molar-refractivity contribution is 0.199. The van der Waals surface area contributed by atoms with E-state index >= 15 is 0 Å². The van der Waals surface area contributed by atoms with Crippen molar-refractivity contribution >= 4 is 10.8 Å². The van der Waals surface area contributed by atoms with Crippen LogP contribution in [0.4, 0.5) is 0 Å². The highest BCUT2D eigenvalue weighted by atomic mass is 32.2. The number of hydrogen-bond acceptors (Lipinski definition) is 4. The number of unbranched alkanes of at least 4 members (excludes halogenated alkanes) is 1. The average Bonchev–Trinajstić information content (AvgIpc) is 2.30. The second kappa shape index (κ2) is 9.10. The summed E-state index contributed by atoms with van der Waals surface area (Å²) in [5.74, 6) is 1.73. The Labute approximate surface area is 101 Å². The fraction of sp³-hybridized carbons (Fsp3) is 1.00. The number of methoxy groups -OCH3 is 1. The molecule has 1 rings (SSSR count). The van der Waals surface area contributed by atoms with Crippen LogP contribution in [0, 0.1) is 0 Å². The largest absolute Gasteiger partial charge is 0.383 e. The van der Waals surface area contributed by atoms with Crippen molar-refractivity contribution in [3.8, 4) is 0 Å². The van der Waals surface area contributed by atoms with E-state index in [1.165, 1.54) is 12.8 Å². The van der Waals surface area contributed by atoms with Crippen molar-refractivity contribution in [2.45, 2.75) is 12.8 Å². The third-order valence-corrected chi connectivity index (χ3v) is 4.11. The van der Waals surface area contributed by atoms with E-state index in [2.05, 4.69) is 10.2 Å². The molecule has 1 aliphatic heterocycles. The molecule has 0 aromatic rings. The summed E-state index contributed by atoms with van der Waals surface area (Å²) in [6, 6.07) is 0. The fourth-order valence-corrected chi connectivity index (χ4v) is 2.91. The van der Waals surface area contributed by atoms with Crippen LogP contribution in [-0.2, 0) is 15.5 Å². The second-order valence-electron chi connectivity index (χ2n) is 4.14. The molecule has 0 unspecified atom stereocenters. The molecule has 0 saturated carbocycles. The maximum Gasteiger partial charge on any atom is 0.0587 e. The van der Waals surface area contributed by atoms with Gasteiger partial charge in [-0.3, -0.25) is 4.21 Å². The first-order chi connectivity index (χ1) is 7.83. The molecule has 0 aliphatic carbocycles. The molecule has 1 heterocycles. The normalized spacial score (nSPS) is 19.1. The zero-order chi connectivity index (χ0) is 11.6. The van der Waals surface area contributed by atoms with Crippen molar-refractivity contribution in [2.75, 3.05) is 57.9 Å². The van der Waals surface area contributed by atoms with Crippen molar-refractivity contribution in [1.82, 2.24) is 10.2 Å². The van der Waals surface area contributed by atoms with Crippen LogP contribution >= 0.6 is 0 Å². The van der Waals surface area contributed by atoms with E-state index in [9.17, 15) is 4.21 Å². The first-order valence-corrected chi connectivity index (χ1v) is 7.58. The summed E-state index contributed by atoms with van der Waals surface area (Å²) in [5.41, 5.74) is 0. The third-order valence-electron chi connectivity index (χ3n) is 2.83. The molecular weight excluding hydrogens is 224 g/mol. The standard InChI is InChI=1S/C11H24N2O2S/c1-15-9-5-12-4-2-3-6-13-7-10-16(14)11-8-13/h12H,2-11H2,1H3. The van der Waals surface area contributed by atoms with Crippen molar-refractivity contribution in [1.29, 1.82) is 0 Å². The van der Waals surface area contributed by atoms with Gasteiger partial charge in [0.1, 0.15) is 0 Å². The Morgan fingerprint density at radius 3 is 2.69 bits per heavy atom. The number of nitrogens with zero attached hydrogens (tertiary/aromatic N) is 1. The molecule has 1 N–H and O–H groups in total. The van der Waals surface area contributed by atoms with Crippen LogP contribution in [0.1, 0.15) is 12.8 Å². The first kappa shape index (κ1) is 14.1. The molecule has 4 nitrogen and oxygen atoms in total. The van der Waals surface area contributed by atoms with Gasteiger partial charge in [-0.05, 0) is 25.9 Å². The summed E-state index contributed by atoms with van der Waals surface area (Å²) in [4.78, 5) is 2.43. The van der Waals surface area contributed by atoms with E-state index in [1.54, 1.807) is 7.11 Å². The maximum absolute atomic E-state index is 11.1. The van der Waals surface area contributed by atoms with Gasteiger partial charge in [-0.1, -0.05) is 0 Å². The van der Waals surface area contributed by atoms with Gasteiger partial charge in [0.2, 0.25) is 0 Å². The monoisotopic (exact) mass is 248 g/mol. The van der Waals surface area contributed by atoms with Crippen molar-refractivity contribution in [3.63, 3.8) is 0 Å². The van der Waals surface area contributed by atoms with E-state index in [0.29, 0.717) is 0 Å². The van der Waals surface area contributed by atoms with E-state index in [-0.39, 0.29) is 0 Å². The summed E-state index contributed by atoms with van der Waals surface area (Å²) in [7, 11) is 1.18. The molecule has 0 spiro atoms. The summed E-state index contributed by atoms with van der Waals surface area (Å²) in [6.07, 6.45) is 2.44. The van der Waals surface area contributed by atoms with Crippen molar-refractivity contribution < 1.29 is 8.95 Å². The van der Waals surface area contributed by atoms with E-state index in [0.717, 1.165) is 50.8 Å². The Balaban J connectivity index is 1.85. The molecule has 1 saturated heterocycles. The molecular formula is C11H24N2O2S. The van der Waals surface area contributed by atoms with E-state index in [1.807, 2.05) is 0 Å². The smallest absolute Gasteiger partial charge is 0.0587 e. The van der Waals surface area contributed by atoms with Crippen LogP contribution in [0.3, 0.4) is 0 Å². The molecule has 0 bridgehead atoms. The summed E-state index contributed by atoms with van der Waals surface area (Å²) in [5, 5.41) is 3.34. The molecule has 1 aliphatic rings. The molecule has 5 heteroatoms. The van der Waals surface area contributed by atoms with Gasteiger partial charge in [-0.15, -0.1) is 0 Å². The first-order valence-electron chi connectivity index (χ1n) is 6.10. The molecule has 0 amide bonds. The SMILES string of the molecule is COCCNCCCCN1CCS(=O)CC1. The molecule has 0 aromatic heterocycles. The quantitative estimate of drug-likeness (QED) is 0.617. The Hall–Kier alpha value is 0.0300. The minimum absolute atomic E-state index is 0.542. The van der Waals surface area contributed by atoms with Crippen LogP contribution in [0.2, 0.25) is 0 Å². The molecule has 16 heavy (non-hydrogen) atoms. The van der Waals surface area contributed by atoms with Gasteiger partial charge in [0, 0.05) is 49.0 Å². The summed E-state index contributed by atoms with van der Waals surface area (Å²) >= 11 is 0. The van der Waals surface area contributed by atoms with Crippen LogP contribution in [0.25, 0.3) is 0 Å². The van der Waals surface area contributed by atoms with Crippen LogP contribution in [0.5, 0.6) is 0 Å². The van der Waals surface area contributed by atoms with Gasteiger partial charge in [-0.25, -0.2) is 0 Å². The lowest BCUT2D eigenvalue weighted by Crippen LogP contribution is -2.38. The fourth-order valence-electron chi connectivity index (χ4n) is 1.78. The molecule has 0 radical (unpaired) electrons.